The second-order valence-corrected chi connectivity index (χ2v) is 6.35. The number of hydrogen-bond acceptors (Lipinski definition) is 7. The first-order valence-electron chi connectivity index (χ1n) is 7.91. The van der Waals surface area contributed by atoms with Gasteiger partial charge < -0.3 is 13.7 Å². The van der Waals surface area contributed by atoms with Gasteiger partial charge in [-0.15, -0.1) is 10.2 Å². The van der Waals surface area contributed by atoms with E-state index in [1.54, 1.807) is 17.0 Å². The van der Waals surface area contributed by atoms with Gasteiger partial charge in [0, 0.05) is 12.2 Å². The molecule has 2 aromatic heterocycles. The van der Waals surface area contributed by atoms with Gasteiger partial charge in [0.15, 0.2) is 5.76 Å². The van der Waals surface area contributed by atoms with Crippen LogP contribution in [0, 0.1) is 18.3 Å². The minimum absolute atomic E-state index is 0.124. The minimum Gasteiger partial charge on any atom is -0.459 e. The van der Waals surface area contributed by atoms with Crippen LogP contribution in [0.1, 0.15) is 12.0 Å². The summed E-state index contributed by atoms with van der Waals surface area (Å²) in [6.07, 6.45) is 1.78. The van der Waals surface area contributed by atoms with Crippen LogP contribution in [0.15, 0.2) is 56.7 Å². The van der Waals surface area contributed by atoms with E-state index in [0.29, 0.717) is 12.3 Å². The van der Waals surface area contributed by atoms with Gasteiger partial charge in [-0.1, -0.05) is 29.5 Å². The number of anilines is 1. The molecular weight excluding hydrogens is 352 g/mol. The zero-order valence-electron chi connectivity index (χ0n) is 14.1. The van der Waals surface area contributed by atoms with Gasteiger partial charge in [0.05, 0.1) is 24.5 Å². The number of nitriles is 1. The predicted octanol–water partition coefficient (Wildman–Crippen LogP) is 3.68. The highest BCUT2D eigenvalue weighted by atomic mass is 32.2. The van der Waals surface area contributed by atoms with Gasteiger partial charge in [-0.05, 0) is 31.2 Å². The summed E-state index contributed by atoms with van der Waals surface area (Å²) in [4.78, 5) is 14.2. The van der Waals surface area contributed by atoms with E-state index in [1.807, 2.05) is 31.2 Å². The lowest BCUT2D eigenvalue weighted by atomic mass is 10.2. The van der Waals surface area contributed by atoms with Gasteiger partial charge >= 0.3 is 0 Å². The fraction of sp³-hybridized carbons (Fsp3) is 0.222. The molecule has 132 valence electrons. The van der Waals surface area contributed by atoms with Crippen molar-refractivity contribution in [2.45, 2.75) is 18.6 Å². The zero-order chi connectivity index (χ0) is 18.4. The lowest BCUT2D eigenvalue weighted by Gasteiger charge is -2.21. The number of furan rings is 1. The smallest absolute Gasteiger partial charge is 0.284 e. The lowest BCUT2D eigenvalue weighted by molar-refractivity contribution is -0.116. The Kier molecular flexibility index (Phi) is 5.71. The summed E-state index contributed by atoms with van der Waals surface area (Å²) in [7, 11) is 0. The molecule has 26 heavy (non-hydrogen) atoms. The van der Waals surface area contributed by atoms with Crippen molar-refractivity contribution in [3.05, 3.63) is 48.2 Å². The Bertz CT molecular complexity index is 897. The number of thioether (sulfide) groups is 1. The van der Waals surface area contributed by atoms with E-state index in [2.05, 4.69) is 16.3 Å². The topological polar surface area (TPSA) is 96.2 Å². The van der Waals surface area contributed by atoms with E-state index >= 15 is 0 Å². The van der Waals surface area contributed by atoms with Crippen LogP contribution in [-0.2, 0) is 4.79 Å². The number of aryl methyl sites for hydroxylation is 1. The molecule has 0 spiro atoms. The third-order valence-corrected chi connectivity index (χ3v) is 4.35. The van der Waals surface area contributed by atoms with Crippen LogP contribution in [0.2, 0.25) is 0 Å². The Morgan fingerprint density at radius 1 is 1.27 bits per heavy atom. The molecular formula is C18H16N4O3S. The number of hydrogen-bond donors (Lipinski definition) is 0. The highest BCUT2D eigenvalue weighted by molar-refractivity contribution is 7.99. The molecule has 1 aromatic carbocycles. The molecule has 0 atom stereocenters. The lowest BCUT2D eigenvalue weighted by Crippen LogP contribution is -2.33. The summed E-state index contributed by atoms with van der Waals surface area (Å²) in [5.41, 5.74) is 1.87. The number of aromatic nitrogens is 2. The van der Waals surface area contributed by atoms with Crippen LogP contribution in [0.5, 0.6) is 0 Å². The van der Waals surface area contributed by atoms with Crippen molar-refractivity contribution in [3.8, 4) is 17.7 Å². The van der Waals surface area contributed by atoms with Crippen LogP contribution < -0.4 is 4.90 Å². The van der Waals surface area contributed by atoms with Crippen LogP contribution in [0.4, 0.5) is 5.69 Å². The monoisotopic (exact) mass is 368 g/mol. The highest BCUT2D eigenvalue weighted by Crippen LogP contribution is 2.24. The number of benzene rings is 1. The molecule has 0 aliphatic carbocycles. The summed E-state index contributed by atoms with van der Waals surface area (Å²) in [5, 5.41) is 17.0. The van der Waals surface area contributed by atoms with E-state index in [9.17, 15) is 4.79 Å². The van der Waals surface area contributed by atoms with Crippen LogP contribution in [0.3, 0.4) is 0 Å². The molecule has 1 amide bonds. The van der Waals surface area contributed by atoms with Gasteiger partial charge in [-0.25, -0.2) is 0 Å². The second kappa shape index (κ2) is 8.36. The maximum absolute atomic E-state index is 12.6. The Morgan fingerprint density at radius 2 is 2.08 bits per heavy atom. The van der Waals surface area contributed by atoms with E-state index in [4.69, 9.17) is 14.1 Å². The Balaban J connectivity index is 1.66. The summed E-state index contributed by atoms with van der Waals surface area (Å²) in [5.74, 6) is 0.738. The van der Waals surface area contributed by atoms with Crippen molar-refractivity contribution in [1.29, 1.82) is 5.26 Å². The second-order valence-electron chi connectivity index (χ2n) is 5.43. The predicted molar refractivity (Wildman–Crippen MR) is 96.5 cm³/mol. The molecule has 0 bridgehead atoms. The maximum Gasteiger partial charge on any atom is 0.284 e. The summed E-state index contributed by atoms with van der Waals surface area (Å²) < 4.78 is 10.7. The molecule has 2 heterocycles. The molecule has 0 unspecified atom stereocenters. The van der Waals surface area contributed by atoms with Gasteiger partial charge in [-0.2, -0.15) is 5.26 Å². The van der Waals surface area contributed by atoms with E-state index < -0.39 is 0 Å². The number of nitrogens with zero attached hydrogens (tertiary/aromatic N) is 4. The average Bonchev–Trinajstić information content (AvgIpc) is 3.33. The molecule has 0 aliphatic heterocycles. The SMILES string of the molecule is Cc1ccc(N(CCC#N)C(=O)CSc2nnc(-c3ccco3)o2)cc1. The van der Waals surface area contributed by atoms with Gasteiger partial charge in [0.25, 0.3) is 11.1 Å². The molecule has 7 nitrogen and oxygen atoms in total. The van der Waals surface area contributed by atoms with Gasteiger partial charge in [0.1, 0.15) is 0 Å². The molecule has 0 fully saturated rings. The first-order chi connectivity index (χ1) is 12.7. The summed E-state index contributed by atoms with van der Waals surface area (Å²) >= 11 is 1.15. The molecule has 0 saturated carbocycles. The minimum atomic E-state index is -0.133. The van der Waals surface area contributed by atoms with Gasteiger partial charge in [-0.3, -0.25) is 4.79 Å². The van der Waals surface area contributed by atoms with Gasteiger partial charge in [0.2, 0.25) is 5.91 Å². The Labute approximate surface area is 154 Å². The zero-order valence-corrected chi connectivity index (χ0v) is 14.9. The van der Waals surface area contributed by atoms with E-state index in [0.717, 1.165) is 23.0 Å². The molecule has 0 aliphatic rings. The van der Waals surface area contributed by atoms with Crippen molar-refractivity contribution >= 4 is 23.4 Å². The molecule has 8 heteroatoms. The standard InChI is InChI=1S/C18H16N4O3S/c1-13-5-7-14(8-6-13)22(10-3-9-19)16(23)12-26-18-21-20-17(25-18)15-4-2-11-24-15/h2,4-8,11H,3,10,12H2,1H3. The van der Waals surface area contributed by atoms with Crippen LogP contribution >= 0.6 is 11.8 Å². The number of carbonyl (C=O) groups is 1. The first-order valence-corrected chi connectivity index (χ1v) is 8.90. The third-order valence-electron chi connectivity index (χ3n) is 3.55. The van der Waals surface area contributed by atoms with Crippen molar-refractivity contribution < 1.29 is 13.6 Å². The number of amides is 1. The van der Waals surface area contributed by atoms with E-state index in [1.165, 1.54) is 6.26 Å². The molecule has 3 aromatic rings. The van der Waals surface area contributed by atoms with E-state index in [-0.39, 0.29) is 29.2 Å². The third kappa shape index (κ3) is 4.32. The maximum atomic E-state index is 12.6. The first kappa shape index (κ1) is 17.8. The van der Waals surface area contributed by atoms with Crippen molar-refractivity contribution in [1.82, 2.24) is 10.2 Å². The average molecular weight is 368 g/mol. The molecule has 0 N–H and O–H groups in total. The number of rotatable bonds is 7. The molecule has 3 rings (SSSR count). The molecule has 0 saturated heterocycles. The highest BCUT2D eigenvalue weighted by Gasteiger charge is 2.18. The molecule has 0 radical (unpaired) electrons. The number of carbonyl (C=O) groups excluding carboxylic acids is 1. The fourth-order valence-electron chi connectivity index (χ4n) is 2.25. The Hall–Kier alpha value is -3.05. The summed E-state index contributed by atoms with van der Waals surface area (Å²) in [6, 6.07) is 13.1. The van der Waals surface area contributed by atoms with Crippen molar-refractivity contribution in [3.63, 3.8) is 0 Å². The largest absolute Gasteiger partial charge is 0.459 e. The van der Waals surface area contributed by atoms with Crippen molar-refractivity contribution in [2.24, 2.45) is 0 Å². The Morgan fingerprint density at radius 3 is 2.77 bits per heavy atom. The normalized spacial score (nSPS) is 10.5. The van der Waals surface area contributed by atoms with Crippen LogP contribution in [0.25, 0.3) is 11.7 Å². The fourth-order valence-corrected chi connectivity index (χ4v) is 2.89. The van der Waals surface area contributed by atoms with Crippen molar-refractivity contribution in [2.75, 3.05) is 17.2 Å². The van der Waals surface area contributed by atoms with Crippen LogP contribution in [-0.4, -0.2) is 28.4 Å². The summed E-state index contributed by atoms with van der Waals surface area (Å²) in [6.45, 7) is 2.31. The quantitative estimate of drug-likeness (QED) is 0.587.